The molecule has 2 aliphatic heterocycles. The smallest absolute Gasteiger partial charge is 0.272 e. The van der Waals surface area contributed by atoms with Gasteiger partial charge in [-0.05, 0) is 45.5 Å². The summed E-state index contributed by atoms with van der Waals surface area (Å²) < 4.78 is 13.8. The van der Waals surface area contributed by atoms with Gasteiger partial charge in [-0.15, -0.1) is 0 Å². The molecule has 1 aromatic carbocycles. The van der Waals surface area contributed by atoms with Gasteiger partial charge in [-0.2, -0.15) is 5.10 Å². The van der Waals surface area contributed by atoms with E-state index in [1.807, 2.05) is 0 Å². The van der Waals surface area contributed by atoms with Gasteiger partial charge in [0, 0.05) is 29.1 Å². The molecule has 0 saturated carbocycles. The van der Waals surface area contributed by atoms with Crippen molar-refractivity contribution in [3.05, 3.63) is 34.0 Å². The highest BCUT2D eigenvalue weighted by Gasteiger charge is 2.38. The molecule has 0 radical (unpaired) electrons. The van der Waals surface area contributed by atoms with Crippen LogP contribution < -0.4 is 10.9 Å². The summed E-state index contributed by atoms with van der Waals surface area (Å²) in [6.07, 6.45) is 3.55. The van der Waals surface area contributed by atoms with Gasteiger partial charge < -0.3 is 10.2 Å². The van der Waals surface area contributed by atoms with E-state index in [4.69, 9.17) is 0 Å². The normalized spacial score (nSPS) is 27.9. The van der Waals surface area contributed by atoms with Crippen LogP contribution in [0.5, 0.6) is 0 Å². The molecule has 23 heavy (non-hydrogen) atoms. The maximum Gasteiger partial charge on any atom is 0.272 e. The first kappa shape index (κ1) is 14.6. The molecule has 2 aliphatic rings. The molecule has 1 saturated heterocycles. The molecule has 6 heteroatoms. The molecule has 5 nitrogen and oxygen atoms in total. The number of halogens is 1. The number of likely N-dealkylation sites (N-methyl/N-ethyl adjacent to an activating group) is 1. The first-order valence-corrected chi connectivity index (χ1v) is 8.25. The highest BCUT2D eigenvalue weighted by atomic mass is 19.1. The van der Waals surface area contributed by atoms with Gasteiger partial charge in [0.25, 0.3) is 5.56 Å². The van der Waals surface area contributed by atoms with Crippen molar-refractivity contribution in [2.75, 3.05) is 18.9 Å². The van der Waals surface area contributed by atoms with Gasteiger partial charge >= 0.3 is 0 Å². The van der Waals surface area contributed by atoms with Crippen molar-refractivity contribution in [3.63, 3.8) is 0 Å². The molecule has 3 heterocycles. The zero-order valence-corrected chi connectivity index (χ0v) is 13.4. The fraction of sp³-hybridized carbons (Fsp3) is 0.529. The number of piperidine rings is 1. The minimum Gasteiger partial charge on any atom is -0.381 e. The second kappa shape index (κ2) is 5.30. The van der Waals surface area contributed by atoms with Crippen LogP contribution in [0.25, 0.3) is 10.8 Å². The van der Waals surface area contributed by atoms with Crippen LogP contribution in [0.4, 0.5) is 10.1 Å². The number of hydrogen-bond acceptors (Lipinski definition) is 4. The minimum absolute atomic E-state index is 0.136. The van der Waals surface area contributed by atoms with Gasteiger partial charge in [-0.1, -0.05) is 6.42 Å². The topological polar surface area (TPSA) is 61.0 Å². The number of benzene rings is 1. The minimum atomic E-state index is -0.400. The lowest BCUT2D eigenvalue weighted by atomic mass is 9.80. The lowest BCUT2D eigenvalue weighted by molar-refractivity contribution is 0.150. The molecule has 0 bridgehead atoms. The Morgan fingerprint density at radius 3 is 2.96 bits per heavy atom. The Kier molecular flexibility index (Phi) is 3.37. The maximum atomic E-state index is 13.8. The Morgan fingerprint density at radius 2 is 2.17 bits per heavy atom. The third-order valence-corrected chi connectivity index (χ3v) is 5.36. The van der Waals surface area contributed by atoms with E-state index in [1.165, 1.54) is 25.0 Å². The van der Waals surface area contributed by atoms with Crippen molar-refractivity contribution >= 4 is 16.5 Å². The van der Waals surface area contributed by atoms with Crippen LogP contribution >= 0.6 is 0 Å². The molecular formula is C17H21FN4O. The summed E-state index contributed by atoms with van der Waals surface area (Å²) >= 11 is 0. The van der Waals surface area contributed by atoms with Crippen LogP contribution in [0.2, 0.25) is 0 Å². The summed E-state index contributed by atoms with van der Waals surface area (Å²) in [7, 11) is 2.15. The molecule has 3 atom stereocenters. The summed E-state index contributed by atoms with van der Waals surface area (Å²) in [5.74, 6) is -0.222. The van der Waals surface area contributed by atoms with Crippen molar-refractivity contribution in [2.45, 2.75) is 44.2 Å². The van der Waals surface area contributed by atoms with Crippen LogP contribution in [-0.4, -0.2) is 40.8 Å². The molecule has 2 N–H and O–H groups in total. The van der Waals surface area contributed by atoms with Crippen molar-refractivity contribution in [1.29, 1.82) is 0 Å². The molecule has 4 rings (SSSR count). The van der Waals surface area contributed by atoms with Crippen molar-refractivity contribution in [2.24, 2.45) is 0 Å². The quantitative estimate of drug-likeness (QED) is 0.848. The number of likely N-dealkylation sites (tertiary alicyclic amines) is 1. The standard InChI is InChI=1S/C17H21FN4O/c1-9-14(13-5-3-4-6-22(13)2)16-15-11(17(23)21-20-16)7-10(18)8-12(15)19-9/h7-9,13-14,19H,3-6H2,1-2H3,(H,21,23)/t9-,13+,14-/m0/s1. The third-order valence-electron chi connectivity index (χ3n) is 5.36. The SMILES string of the molecule is C[C@@H]1Nc2cc(F)cc3c(=O)[nH]nc(c23)[C@@H]1[C@H]1CCCCN1C. The summed E-state index contributed by atoms with van der Waals surface area (Å²) in [6, 6.07) is 3.29. The van der Waals surface area contributed by atoms with Gasteiger partial charge in [0.2, 0.25) is 0 Å². The van der Waals surface area contributed by atoms with Crippen LogP contribution in [0.15, 0.2) is 16.9 Å². The Balaban J connectivity index is 1.93. The van der Waals surface area contributed by atoms with E-state index in [2.05, 4.69) is 34.4 Å². The van der Waals surface area contributed by atoms with Gasteiger partial charge in [0.15, 0.2) is 0 Å². The fourth-order valence-electron chi connectivity index (χ4n) is 4.29. The highest BCUT2D eigenvalue weighted by molar-refractivity contribution is 5.97. The predicted molar refractivity (Wildman–Crippen MR) is 88.4 cm³/mol. The van der Waals surface area contributed by atoms with Gasteiger partial charge in [0.1, 0.15) is 5.82 Å². The largest absolute Gasteiger partial charge is 0.381 e. The van der Waals surface area contributed by atoms with Crippen LogP contribution in [-0.2, 0) is 0 Å². The molecule has 0 unspecified atom stereocenters. The average molecular weight is 316 g/mol. The molecule has 1 aromatic heterocycles. The number of anilines is 1. The van der Waals surface area contributed by atoms with E-state index in [9.17, 15) is 9.18 Å². The van der Waals surface area contributed by atoms with Crippen molar-refractivity contribution in [3.8, 4) is 0 Å². The summed E-state index contributed by atoms with van der Waals surface area (Å²) in [4.78, 5) is 14.5. The monoisotopic (exact) mass is 316 g/mol. The van der Waals surface area contributed by atoms with E-state index in [0.29, 0.717) is 17.1 Å². The number of hydrogen-bond donors (Lipinski definition) is 2. The number of aromatic nitrogens is 2. The Labute approximate surface area is 133 Å². The van der Waals surface area contributed by atoms with Crippen LogP contribution in [0.3, 0.4) is 0 Å². The summed E-state index contributed by atoms with van der Waals surface area (Å²) in [5, 5.41) is 11.5. The Morgan fingerprint density at radius 1 is 1.35 bits per heavy atom. The fourth-order valence-corrected chi connectivity index (χ4v) is 4.29. The van der Waals surface area contributed by atoms with E-state index in [1.54, 1.807) is 0 Å². The molecule has 1 fully saturated rings. The van der Waals surface area contributed by atoms with E-state index >= 15 is 0 Å². The lowest BCUT2D eigenvalue weighted by Gasteiger charge is -2.43. The average Bonchev–Trinajstić information content (AvgIpc) is 2.51. The number of H-pyrrole nitrogens is 1. The molecular weight excluding hydrogens is 295 g/mol. The van der Waals surface area contributed by atoms with E-state index < -0.39 is 5.82 Å². The van der Waals surface area contributed by atoms with Crippen LogP contribution in [0, 0.1) is 5.82 Å². The molecule has 0 aliphatic carbocycles. The van der Waals surface area contributed by atoms with Gasteiger partial charge in [-0.25, -0.2) is 9.49 Å². The van der Waals surface area contributed by atoms with Gasteiger partial charge in [-0.3, -0.25) is 4.79 Å². The second-order valence-corrected chi connectivity index (χ2v) is 6.82. The molecule has 2 aromatic rings. The number of nitrogens with one attached hydrogen (secondary N) is 2. The summed E-state index contributed by atoms with van der Waals surface area (Å²) in [5.41, 5.74) is 1.23. The first-order valence-electron chi connectivity index (χ1n) is 8.25. The van der Waals surface area contributed by atoms with Gasteiger partial charge in [0.05, 0.1) is 11.1 Å². The zero-order valence-electron chi connectivity index (χ0n) is 13.4. The third kappa shape index (κ3) is 2.24. The second-order valence-electron chi connectivity index (χ2n) is 6.82. The Bertz CT molecular complexity index is 818. The van der Waals surface area contributed by atoms with E-state index in [-0.39, 0.29) is 17.5 Å². The molecule has 122 valence electrons. The number of nitrogens with zero attached hydrogens (tertiary/aromatic N) is 2. The highest BCUT2D eigenvalue weighted by Crippen LogP contribution is 2.41. The molecule has 0 amide bonds. The molecule has 0 spiro atoms. The zero-order chi connectivity index (χ0) is 16.1. The lowest BCUT2D eigenvalue weighted by Crippen LogP contribution is -2.47. The maximum absolute atomic E-state index is 13.8. The van der Waals surface area contributed by atoms with E-state index in [0.717, 1.165) is 24.0 Å². The Hall–Kier alpha value is -1.95. The number of aromatic amines is 1. The predicted octanol–water partition coefficient (Wildman–Crippen LogP) is 2.44. The summed E-state index contributed by atoms with van der Waals surface area (Å²) in [6.45, 7) is 3.19. The van der Waals surface area contributed by atoms with Crippen molar-refractivity contribution in [1.82, 2.24) is 15.1 Å². The van der Waals surface area contributed by atoms with Crippen molar-refractivity contribution < 1.29 is 4.39 Å². The van der Waals surface area contributed by atoms with Crippen LogP contribution in [0.1, 0.15) is 37.8 Å². The first-order chi connectivity index (χ1) is 11.1. The number of rotatable bonds is 1.